The van der Waals surface area contributed by atoms with E-state index in [1.165, 1.54) is 11.9 Å². The van der Waals surface area contributed by atoms with E-state index < -0.39 is 23.5 Å². The monoisotopic (exact) mass is 342 g/mol. The summed E-state index contributed by atoms with van der Waals surface area (Å²) in [4.78, 5) is 5.34. The molecular formula is C13H12F6N2O2. The number of amidine groups is 1. The van der Waals surface area contributed by atoms with Crippen LogP contribution in [0.5, 0.6) is 0 Å². The topological polar surface area (TPSA) is 45.1 Å². The zero-order valence-corrected chi connectivity index (χ0v) is 11.7. The van der Waals surface area contributed by atoms with E-state index in [2.05, 4.69) is 4.99 Å². The van der Waals surface area contributed by atoms with Crippen molar-refractivity contribution in [2.45, 2.75) is 18.0 Å². The summed E-state index contributed by atoms with van der Waals surface area (Å²) in [5.41, 5.74) is -5.98. The number of rotatable bonds is 2. The molecule has 0 bridgehead atoms. The van der Waals surface area contributed by atoms with Crippen LogP contribution in [-0.2, 0) is 10.3 Å². The van der Waals surface area contributed by atoms with E-state index in [-0.39, 0.29) is 11.7 Å². The van der Waals surface area contributed by atoms with Gasteiger partial charge in [0.05, 0.1) is 6.54 Å². The van der Waals surface area contributed by atoms with E-state index >= 15 is 0 Å². The molecule has 1 heterocycles. The lowest BCUT2D eigenvalue weighted by Gasteiger charge is -2.32. The minimum atomic E-state index is -5.91. The fraction of sp³-hybridized carbons (Fsp3) is 0.462. The van der Waals surface area contributed by atoms with Gasteiger partial charge in [-0.15, -0.1) is 0 Å². The van der Waals surface area contributed by atoms with Gasteiger partial charge in [-0.1, -0.05) is 12.1 Å². The van der Waals surface area contributed by atoms with Crippen molar-refractivity contribution in [1.29, 1.82) is 0 Å². The Balaban J connectivity index is 2.37. The van der Waals surface area contributed by atoms with Crippen LogP contribution in [0.25, 0.3) is 0 Å². The van der Waals surface area contributed by atoms with Gasteiger partial charge in [0.1, 0.15) is 6.61 Å². The average molecular weight is 342 g/mol. The number of nitrogens with zero attached hydrogens (tertiary/aromatic N) is 2. The lowest BCUT2D eigenvalue weighted by Crippen LogP contribution is -2.53. The molecule has 1 aliphatic heterocycles. The molecule has 0 unspecified atom stereocenters. The second-order valence-corrected chi connectivity index (χ2v) is 4.82. The molecule has 1 N–H and O–H groups in total. The van der Waals surface area contributed by atoms with Crippen LogP contribution in [0.1, 0.15) is 5.56 Å². The maximum atomic E-state index is 12.8. The van der Waals surface area contributed by atoms with Crippen molar-refractivity contribution in [2.75, 3.05) is 25.1 Å². The van der Waals surface area contributed by atoms with Crippen LogP contribution in [-0.4, -0.2) is 43.7 Å². The van der Waals surface area contributed by atoms with Crippen molar-refractivity contribution in [3.63, 3.8) is 0 Å². The molecule has 23 heavy (non-hydrogen) atoms. The maximum Gasteiger partial charge on any atom is 0.430 e. The second-order valence-electron chi connectivity index (χ2n) is 4.82. The van der Waals surface area contributed by atoms with E-state index in [4.69, 9.17) is 4.74 Å². The molecule has 0 aliphatic carbocycles. The number of aliphatic imine (C=N–C) groups is 1. The summed E-state index contributed by atoms with van der Waals surface area (Å²) in [5.74, 6) is 0. The Labute approximate surface area is 127 Å². The smallest absolute Gasteiger partial charge is 0.430 e. The van der Waals surface area contributed by atoms with E-state index in [1.54, 1.807) is 0 Å². The Hall–Kier alpha value is -1.97. The van der Waals surface area contributed by atoms with Crippen molar-refractivity contribution in [3.8, 4) is 0 Å². The van der Waals surface area contributed by atoms with Crippen LogP contribution >= 0.6 is 0 Å². The number of alkyl halides is 6. The highest BCUT2D eigenvalue weighted by Crippen LogP contribution is 2.50. The van der Waals surface area contributed by atoms with E-state index in [0.717, 1.165) is 12.1 Å². The Morgan fingerprint density at radius 2 is 1.57 bits per heavy atom. The van der Waals surface area contributed by atoms with Gasteiger partial charge in [-0.05, 0) is 12.1 Å². The summed E-state index contributed by atoms with van der Waals surface area (Å²) in [5, 5.41) is 9.28. The number of hydrogen-bond donors (Lipinski definition) is 1. The minimum Gasteiger partial charge on any atom is -0.463 e. The normalized spacial score (nSPS) is 16.1. The first kappa shape index (κ1) is 17.4. The zero-order chi connectivity index (χ0) is 17.5. The van der Waals surface area contributed by atoms with Crippen LogP contribution in [0.15, 0.2) is 29.3 Å². The summed E-state index contributed by atoms with van der Waals surface area (Å²) < 4.78 is 81.8. The minimum absolute atomic E-state index is 0.208. The molecule has 1 aromatic carbocycles. The third-order valence-corrected chi connectivity index (χ3v) is 3.35. The Morgan fingerprint density at radius 1 is 1.04 bits per heavy atom. The number of ether oxygens (including phenoxy) is 1. The molecule has 1 aromatic rings. The van der Waals surface area contributed by atoms with Gasteiger partial charge in [0.2, 0.25) is 0 Å². The van der Waals surface area contributed by atoms with Gasteiger partial charge in [0.25, 0.3) is 11.6 Å². The molecule has 0 saturated heterocycles. The molecule has 0 saturated carbocycles. The van der Waals surface area contributed by atoms with Gasteiger partial charge >= 0.3 is 12.4 Å². The molecule has 1 aliphatic rings. The van der Waals surface area contributed by atoms with Crippen LogP contribution in [0.3, 0.4) is 0 Å². The van der Waals surface area contributed by atoms with E-state index in [0.29, 0.717) is 25.3 Å². The molecule has 2 rings (SSSR count). The predicted molar refractivity (Wildman–Crippen MR) is 69.1 cm³/mol. The predicted octanol–water partition coefficient (Wildman–Crippen LogP) is 2.82. The second kappa shape index (κ2) is 5.59. The van der Waals surface area contributed by atoms with Crippen molar-refractivity contribution in [3.05, 3.63) is 29.8 Å². The number of anilines is 1. The van der Waals surface area contributed by atoms with Crippen LogP contribution in [0, 0.1) is 0 Å². The summed E-state index contributed by atoms with van der Waals surface area (Å²) >= 11 is 0. The molecule has 128 valence electrons. The Morgan fingerprint density at radius 3 is 1.96 bits per heavy atom. The van der Waals surface area contributed by atoms with Crippen LogP contribution < -0.4 is 4.90 Å². The first-order valence-electron chi connectivity index (χ1n) is 6.36. The highest BCUT2D eigenvalue weighted by Gasteiger charge is 2.71. The van der Waals surface area contributed by atoms with Gasteiger partial charge < -0.3 is 9.84 Å². The molecule has 0 fully saturated rings. The van der Waals surface area contributed by atoms with Crippen LogP contribution in [0.2, 0.25) is 0 Å². The van der Waals surface area contributed by atoms with Crippen molar-refractivity contribution < 1.29 is 36.2 Å². The van der Waals surface area contributed by atoms with Crippen molar-refractivity contribution >= 4 is 11.7 Å². The van der Waals surface area contributed by atoms with Crippen molar-refractivity contribution in [2.24, 2.45) is 4.99 Å². The van der Waals surface area contributed by atoms with Crippen LogP contribution in [0.4, 0.5) is 32.0 Å². The van der Waals surface area contributed by atoms with Gasteiger partial charge in [0, 0.05) is 18.3 Å². The van der Waals surface area contributed by atoms with Gasteiger partial charge in [-0.2, -0.15) is 26.3 Å². The van der Waals surface area contributed by atoms with Gasteiger partial charge in [-0.25, -0.2) is 4.99 Å². The zero-order valence-electron chi connectivity index (χ0n) is 11.7. The lowest BCUT2D eigenvalue weighted by molar-refractivity contribution is -0.376. The SMILES string of the molecule is CN(C1=NCCO1)c1ccc(C(O)(C(F)(F)F)C(F)(F)F)cc1. The number of hydrogen-bond acceptors (Lipinski definition) is 4. The summed E-state index contributed by atoms with van der Waals surface area (Å²) in [6.07, 6.45) is -11.8. The molecule has 0 aromatic heterocycles. The lowest BCUT2D eigenvalue weighted by atomic mass is 9.92. The first-order chi connectivity index (χ1) is 10.5. The van der Waals surface area contributed by atoms with E-state index in [1.807, 2.05) is 0 Å². The number of aliphatic hydroxyl groups is 1. The Kier molecular flexibility index (Phi) is 4.22. The molecule has 0 atom stereocenters. The summed E-state index contributed by atoms with van der Waals surface area (Å²) in [6.45, 7) is 0.763. The third kappa shape index (κ3) is 2.94. The third-order valence-electron chi connectivity index (χ3n) is 3.35. The van der Waals surface area contributed by atoms with E-state index in [9.17, 15) is 31.4 Å². The fourth-order valence-corrected chi connectivity index (χ4v) is 2.05. The highest BCUT2D eigenvalue weighted by molar-refractivity contribution is 5.91. The molecule has 0 radical (unpaired) electrons. The summed E-state index contributed by atoms with van der Waals surface area (Å²) in [6, 6.07) is 3.38. The largest absolute Gasteiger partial charge is 0.463 e. The Bertz CT molecular complexity index is 580. The fourth-order valence-electron chi connectivity index (χ4n) is 2.05. The number of benzene rings is 1. The van der Waals surface area contributed by atoms with Gasteiger partial charge in [0.15, 0.2) is 0 Å². The van der Waals surface area contributed by atoms with Gasteiger partial charge in [-0.3, -0.25) is 4.90 Å². The standard InChI is InChI=1S/C13H12F6N2O2/c1-21(10-20-6-7-23-10)9-4-2-8(3-5-9)11(22,12(14,15)16)13(17,18)19/h2-5,22H,6-7H2,1H3. The molecule has 0 amide bonds. The summed E-state index contributed by atoms with van der Waals surface area (Å²) in [7, 11) is 1.50. The average Bonchev–Trinajstić information content (AvgIpc) is 2.97. The van der Waals surface area contributed by atoms with Crippen molar-refractivity contribution in [1.82, 2.24) is 0 Å². The molecule has 10 heteroatoms. The molecular weight excluding hydrogens is 330 g/mol. The quantitative estimate of drug-likeness (QED) is 0.841. The first-order valence-corrected chi connectivity index (χ1v) is 6.36. The molecule has 4 nitrogen and oxygen atoms in total. The number of halogens is 6. The molecule has 0 spiro atoms. The maximum absolute atomic E-state index is 12.8. The highest BCUT2D eigenvalue weighted by atomic mass is 19.4.